The summed E-state index contributed by atoms with van der Waals surface area (Å²) in [6, 6.07) is 10.1. The third-order valence-electron chi connectivity index (χ3n) is 2.89. The molecule has 21 heavy (non-hydrogen) atoms. The Kier molecular flexibility index (Phi) is 4.93. The van der Waals surface area contributed by atoms with Gasteiger partial charge < -0.3 is 5.73 Å². The smallest absolute Gasteiger partial charge is 0.263 e. The predicted octanol–water partition coefficient (Wildman–Crippen LogP) is 3.67. The van der Waals surface area contributed by atoms with Crippen molar-refractivity contribution >= 4 is 43.2 Å². The lowest BCUT2D eigenvalue weighted by atomic mass is 10.2. The van der Waals surface area contributed by atoms with E-state index >= 15 is 0 Å². The van der Waals surface area contributed by atoms with Crippen molar-refractivity contribution in [3.63, 3.8) is 0 Å². The van der Waals surface area contributed by atoms with E-state index < -0.39 is 10.0 Å². The Labute approximate surface area is 137 Å². The van der Waals surface area contributed by atoms with Crippen molar-refractivity contribution in [2.75, 3.05) is 4.72 Å². The number of anilines is 1. The van der Waals surface area contributed by atoms with E-state index in [1.807, 2.05) is 6.92 Å². The standard InChI is InChI=1S/C14H14BrClN2O2S/c1-9-2-5-13(12(16)6-9)18-21(19,20)14-7-10(8-17)3-4-11(14)15/h2-7,18H,8,17H2,1H3. The molecule has 0 radical (unpaired) electrons. The van der Waals surface area contributed by atoms with Gasteiger partial charge in [-0.25, -0.2) is 8.42 Å². The van der Waals surface area contributed by atoms with Crippen molar-refractivity contribution in [3.05, 3.63) is 57.0 Å². The maximum absolute atomic E-state index is 12.5. The van der Waals surface area contributed by atoms with E-state index in [4.69, 9.17) is 17.3 Å². The molecule has 0 aliphatic heterocycles. The molecule has 0 aliphatic carbocycles. The fourth-order valence-corrected chi connectivity index (χ4v) is 4.22. The van der Waals surface area contributed by atoms with Gasteiger partial charge in [0.1, 0.15) is 4.90 Å². The van der Waals surface area contributed by atoms with Crippen LogP contribution >= 0.6 is 27.5 Å². The van der Waals surface area contributed by atoms with Crippen molar-refractivity contribution in [2.24, 2.45) is 5.73 Å². The molecule has 0 aliphatic rings. The second-order valence-electron chi connectivity index (χ2n) is 4.56. The molecule has 0 fully saturated rings. The van der Waals surface area contributed by atoms with Gasteiger partial charge in [0.25, 0.3) is 10.0 Å². The van der Waals surface area contributed by atoms with Crippen molar-refractivity contribution < 1.29 is 8.42 Å². The van der Waals surface area contributed by atoms with Crippen LogP contribution in [0.3, 0.4) is 0 Å². The molecule has 0 unspecified atom stereocenters. The van der Waals surface area contributed by atoms with Crippen molar-refractivity contribution in [1.82, 2.24) is 0 Å². The third kappa shape index (κ3) is 3.77. The predicted molar refractivity (Wildman–Crippen MR) is 89.0 cm³/mol. The van der Waals surface area contributed by atoms with E-state index in [1.54, 1.807) is 30.3 Å². The van der Waals surface area contributed by atoms with Crippen LogP contribution in [0, 0.1) is 6.92 Å². The zero-order valence-electron chi connectivity index (χ0n) is 11.2. The topological polar surface area (TPSA) is 72.2 Å². The number of hydrogen-bond donors (Lipinski definition) is 2. The highest BCUT2D eigenvalue weighted by Gasteiger charge is 2.19. The minimum absolute atomic E-state index is 0.127. The number of hydrogen-bond acceptors (Lipinski definition) is 3. The first-order chi connectivity index (χ1) is 9.83. The average molecular weight is 390 g/mol. The summed E-state index contributed by atoms with van der Waals surface area (Å²) in [7, 11) is -3.75. The summed E-state index contributed by atoms with van der Waals surface area (Å²) in [5.74, 6) is 0. The molecule has 112 valence electrons. The van der Waals surface area contributed by atoms with Crippen molar-refractivity contribution in [1.29, 1.82) is 0 Å². The fourth-order valence-electron chi connectivity index (χ4n) is 1.78. The van der Waals surface area contributed by atoms with Crippen LogP contribution in [0.15, 0.2) is 45.8 Å². The molecule has 4 nitrogen and oxygen atoms in total. The van der Waals surface area contributed by atoms with Crippen LogP contribution in [-0.4, -0.2) is 8.42 Å². The molecule has 7 heteroatoms. The zero-order chi connectivity index (χ0) is 15.6. The summed E-state index contributed by atoms with van der Waals surface area (Å²) in [4.78, 5) is 0.127. The number of benzene rings is 2. The van der Waals surface area contributed by atoms with Crippen LogP contribution < -0.4 is 10.5 Å². The van der Waals surface area contributed by atoms with Crippen molar-refractivity contribution in [3.8, 4) is 0 Å². The van der Waals surface area contributed by atoms with Gasteiger partial charge in [-0.2, -0.15) is 0 Å². The Morgan fingerprint density at radius 2 is 1.95 bits per heavy atom. The molecule has 2 aromatic rings. The molecule has 3 N–H and O–H groups in total. The molecule has 0 atom stereocenters. The van der Waals surface area contributed by atoms with Crippen LogP contribution in [-0.2, 0) is 16.6 Å². The van der Waals surface area contributed by atoms with Crippen molar-refractivity contribution in [2.45, 2.75) is 18.4 Å². The van der Waals surface area contributed by atoms with Crippen LogP contribution in [0.5, 0.6) is 0 Å². The zero-order valence-corrected chi connectivity index (χ0v) is 14.4. The number of halogens is 2. The Hall–Kier alpha value is -1.08. The minimum Gasteiger partial charge on any atom is -0.326 e. The summed E-state index contributed by atoms with van der Waals surface area (Å²) in [5.41, 5.74) is 7.58. The average Bonchev–Trinajstić information content (AvgIpc) is 2.42. The first kappa shape index (κ1) is 16.3. The second-order valence-corrected chi connectivity index (χ2v) is 7.47. The second kappa shape index (κ2) is 6.36. The van der Waals surface area contributed by atoms with Gasteiger partial charge in [0.05, 0.1) is 10.7 Å². The summed E-state index contributed by atoms with van der Waals surface area (Å²) >= 11 is 9.31. The summed E-state index contributed by atoms with van der Waals surface area (Å²) < 4.78 is 27.9. The molecule has 2 aromatic carbocycles. The normalized spacial score (nSPS) is 11.4. The number of rotatable bonds is 4. The van der Waals surface area contributed by atoms with Crippen LogP contribution in [0.4, 0.5) is 5.69 Å². The number of nitrogens with one attached hydrogen (secondary N) is 1. The van der Waals surface area contributed by atoms with Gasteiger partial charge in [-0.15, -0.1) is 0 Å². The first-order valence-corrected chi connectivity index (χ1v) is 8.76. The van der Waals surface area contributed by atoms with Gasteiger partial charge in [0, 0.05) is 11.0 Å². The van der Waals surface area contributed by atoms with E-state index in [9.17, 15) is 8.42 Å². The highest BCUT2D eigenvalue weighted by molar-refractivity contribution is 9.10. The molecule has 0 heterocycles. The molecule has 0 saturated carbocycles. The Morgan fingerprint density at radius 1 is 1.24 bits per heavy atom. The molecule has 0 saturated heterocycles. The monoisotopic (exact) mass is 388 g/mol. The molecule has 0 spiro atoms. The summed E-state index contributed by atoms with van der Waals surface area (Å²) in [5, 5.41) is 0.352. The molecule has 2 rings (SSSR count). The number of aryl methyl sites for hydroxylation is 1. The van der Waals surface area contributed by atoms with Gasteiger partial charge in [0.2, 0.25) is 0 Å². The van der Waals surface area contributed by atoms with Crippen LogP contribution in [0.25, 0.3) is 0 Å². The third-order valence-corrected chi connectivity index (χ3v) is 5.56. The van der Waals surface area contributed by atoms with Gasteiger partial charge in [-0.05, 0) is 58.2 Å². The summed E-state index contributed by atoms with van der Waals surface area (Å²) in [6.07, 6.45) is 0. The highest BCUT2D eigenvalue weighted by Crippen LogP contribution is 2.29. The Bertz CT molecular complexity index is 779. The molecular formula is C14H14BrClN2O2S. The van der Waals surface area contributed by atoms with E-state index in [1.165, 1.54) is 6.07 Å². The molecular weight excluding hydrogens is 376 g/mol. The first-order valence-electron chi connectivity index (χ1n) is 6.11. The number of nitrogens with two attached hydrogens (primary N) is 1. The lowest BCUT2D eigenvalue weighted by Crippen LogP contribution is -2.14. The van der Waals surface area contributed by atoms with E-state index in [2.05, 4.69) is 20.7 Å². The quantitative estimate of drug-likeness (QED) is 0.838. The molecule has 0 aromatic heterocycles. The lowest BCUT2D eigenvalue weighted by molar-refractivity contribution is 0.600. The number of sulfonamides is 1. The van der Waals surface area contributed by atoms with Gasteiger partial charge >= 0.3 is 0 Å². The highest BCUT2D eigenvalue weighted by atomic mass is 79.9. The van der Waals surface area contributed by atoms with Crippen LogP contribution in [0.1, 0.15) is 11.1 Å². The SMILES string of the molecule is Cc1ccc(NS(=O)(=O)c2cc(CN)ccc2Br)c(Cl)c1. The summed E-state index contributed by atoms with van der Waals surface area (Å²) in [6.45, 7) is 2.15. The molecule has 0 bridgehead atoms. The minimum atomic E-state index is -3.75. The lowest BCUT2D eigenvalue weighted by Gasteiger charge is -2.12. The van der Waals surface area contributed by atoms with E-state index in [-0.39, 0.29) is 11.4 Å². The largest absolute Gasteiger partial charge is 0.326 e. The Balaban J connectivity index is 2.43. The van der Waals surface area contributed by atoms with Crippen LogP contribution in [0.2, 0.25) is 5.02 Å². The molecule has 0 amide bonds. The fraction of sp³-hybridized carbons (Fsp3) is 0.143. The van der Waals surface area contributed by atoms with Gasteiger partial charge in [-0.1, -0.05) is 23.7 Å². The Morgan fingerprint density at radius 3 is 2.57 bits per heavy atom. The van der Waals surface area contributed by atoms with E-state index in [0.29, 0.717) is 15.2 Å². The maximum Gasteiger partial charge on any atom is 0.263 e. The van der Waals surface area contributed by atoms with E-state index in [0.717, 1.165) is 11.1 Å². The van der Waals surface area contributed by atoms with Gasteiger partial charge in [-0.3, -0.25) is 4.72 Å². The van der Waals surface area contributed by atoms with Gasteiger partial charge in [0.15, 0.2) is 0 Å². The maximum atomic E-state index is 12.5.